The van der Waals surface area contributed by atoms with Crippen LogP contribution in [0, 0.1) is 6.92 Å². The van der Waals surface area contributed by atoms with Gasteiger partial charge in [0.25, 0.3) is 0 Å². The lowest BCUT2D eigenvalue weighted by Crippen LogP contribution is -1.99. The molecule has 0 bridgehead atoms. The second kappa shape index (κ2) is 2.94. The van der Waals surface area contributed by atoms with Crippen molar-refractivity contribution in [3.8, 4) is 0 Å². The van der Waals surface area contributed by atoms with Crippen LogP contribution in [-0.4, -0.2) is 15.3 Å². The monoisotopic (exact) mass is 188 g/mol. The zero-order chi connectivity index (χ0) is 10.3. The smallest absolute Gasteiger partial charge is 0.160 e. The van der Waals surface area contributed by atoms with E-state index in [9.17, 15) is 4.79 Å². The Kier molecular flexibility index (Phi) is 1.88. The van der Waals surface area contributed by atoms with Crippen LogP contribution >= 0.6 is 0 Å². The van der Waals surface area contributed by atoms with Gasteiger partial charge in [-0.1, -0.05) is 0 Å². The molecule has 0 atom stereocenters. The lowest BCUT2D eigenvalue weighted by Gasteiger charge is -2.03. The molecule has 0 radical (unpaired) electrons. The minimum Gasteiger partial charge on any atom is -0.336 e. The maximum atomic E-state index is 11.5. The van der Waals surface area contributed by atoms with Crippen LogP contribution in [-0.2, 0) is 7.05 Å². The molecule has 2 aromatic heterocycles. The van der Waals surface area contributed by atoms with Gasteiger partial charge in [0, 0.05) is 30.4 Å². The van der Waals surface area contributed by atoms with Gasteiger partial charge in [-0.3, -0.25) is 4.79 Å². The summed E-state index contributed by atoms with van der Waals surface area (Å²) in [4.78, 5) is 15.7. The van der Waals surface area contributed by atoms with Crippen LogP contribution in [0.25, 0.3) is 11.0 Å². The van der Waals surface area contributed by atoms with Crippen LogP contribution in [0.1, 0.15) is 22.8 Å². The minimum atomic E-state index is 0.0982. The van der Waals surface area contributed by atoms with Gasteiger partial charge in [0.15, 0.2) is 5.78 Å². The van der Waals surface area contributed by atoms with E-state index in [4.69, 9.17) is 0 Å². The molecule has 0 fully saturated rings. The molecule has 2 aromatic rings. The van der Waals surface area contributed by atoms with Crippen molar-refractivity contribution in [1.29, 1.82) is 0 Å². The predicted octanol–water partition coefficient (Wildman–Crippen LogP) is 2.08. The molecule has 0 aromatic carbocycles. The van der Waals surface area contributed by atoms with Gasteiger partial charge in [0.2, 0.25) is 0 Å². The number of pyridine rings is 1. The van der Waals surface area contributed by atoms with Crippen LogP contribution in [0.5, 0.6) is 0 Å². The summed E-state index contributed by atoms with van der Waals surface area (Å²) >= 11 is 0. The molecule has 0 N–H and O–H groups in total. The Bertz CT molecular complexity index is 511. The molecule has 0 amide bonds. The lowest BCUT2D eigenvalue weighted by atomic mass is 10.0. The molecule has 14 heavy (non-hydrogen) atoms. The SMILES string of the molecule is CC(=O)c1c(C)cnc2c1ccn2C. The molecule has 0 spiro atoms. The largest absolute Gasteiger partial charge is 0.336 e. The zero-order valence-corrected chi connectivity index (χ0v) is 8.53. The Morgan fingerprint density at radius 2 is 2.21 bits per heavy atom. The van der Waals surface area contributed by atoms with E-state index >= 15 is 0 Å². The number of nitrogens with zero attached hydrogens (tertiary/aromatic N) is 2. The minimum absolute atomic E-state index is 0.0982. The molecule has 2 heterocycles. The van der Waals surface area contributed by atoms with Crippen molar-refractivity contribution < 1.29 is 4.79 Å². The highest BCUT2D eigenvalue weighted by Gasteiger charge is 2.11. The second-order valence-corrected chi connectivity index (χ2v) is 3.54. The molecular weight excluding hydrogens is 176 g/mol. The first-order chi connectivity index (χ1) is 6.61. The lowest BCUT2D eigenvalue weighted by molar-refractivity contribution is 0.101. The van der Waals surface area contributed by atoms with E-state index in [0.29, 0.717) is 0 Å². The summed E-state index contributed by atoms with van der Waals surface area (Å²) in [5.41, 5.74) is 2.59. The highest BCUT2D eigenvalue weighted by molar-refractivity contribution is 6.06. The molecule has 0 aliphatic rings. The van der Waals surface area contributed by atoms with Crippen LogP contribution in [0.3, 0.4) is 0 Å². The van der Waals surface area contributed by atoms with Crippen LogP contribution < -0.4 is 0 Å². The standard InChI is InChI=1S/C11H12N2O/c1-7-6-12-11-9(4-5-13(11)3)10(7)8(2)14/h4-6H,1-3H3. The van der Waals surface area contributed by atoms with Gasteiger partial charge in [0.1, 0.15) is 5.65 Å². The van der Waals surface area contributed by atoms with E-state index in [-0.39, 0.29) is 5.78 Å². The second-order valence-electron chi connectivity index (χ2n) is 3.54. The number of hydrogen-bond donors (Lipinski definition) is 0. The number of aromatic nitrogens is 2. The molecule has 2 rings (SSSR count). The summed E-state index contributed by atoms with van der Waals surface area (Å²) in [5, 5.41) is 0.944. The maximum absolute atomic E-state index is 11.5. The summed E-state index contributed by atoms with van der Waals surface area (Å²) < 4.78 is 1.92. The summed E-state index contributed by atoms with van der Waals surface area (Å²) in [6.45, 7) is 3.50. The number of carbonyl (C=O) groups is 1. The first-order valence-electron chi connectivity index (χ1n) is 4.53. The van der Waals surface area contributed by atoms with Crippen LogP contribution in [0.15, 0.2) is 18.5 Å². The van der Waals surface area contributed by atoms with E-state index in [1.54, 1.807) is 13.1 Å². The van der Waals surface area contributed by atoms with Crippen molar-refractivity contribution in [1.82, 2.24) is 9.55 Å². The van der Waals surface area contributed by atoms with Gasteiger partial charge in [-0.25, -0.2) is 4.98 Å². The summed E-state index contributed by atoms with van der Waals surface area (Å²) in [7, 11) is 1.93. The highest BCUT2D eigenvalue weighted by Crippen LogP contribution is 2.20. The first-order valence-corrected chi connectivity index (χ1v) is 4.53. The van der Waals surface area contributed by atoms with Crippen molar-refractivity contribution in [2.45, 2.75) is 13.8 Å². The Morgan fingerprint density at radius 3 is 2.86 bits per heavy atom. The summed E-state index contributed by atoms with van der Waals surface area (Å²) in [5.74, 6) is 0.0982. The third kappa shape index (κ3) is 1.13. The predicted molar refractivity (Wildman–Crippen MR) is 55.5 cm³/mol. The highest BCUT2D eigenvalue weighted by atomic mass is 16.1. The average Bonchev–Trinajstić information content (AvgIpc) is 2.47. The van der Waals surface area contributed by atoms with E-state index in [0.717, 1.165) is 22.2 Å². The quantitative estimate of drug-likeness (QED) is 0.642. The number of Topliss-reactive ketones (excluding diaryl/α,β-unsaturated/α-hetero) is 1. The Hall–Kier alpha value is -1.64. The van der Waals surface area contributed by atoms with Crippen molar-refractivity contribution in [2.75, 3.05) is 0 Å². The molecule has 3 nitrogen and oxygen atoms in total. The van der Waals surface area contributed by atoms with Crippen molar-refractivity contribution >= 4 is 16.8 Å². The van der Waals surface area contributed by atoms with Gasteiger partial charge in [0.05, 0.1) is 0 Å². The number of aryl methyl sites for hydroxylation is 2. The van der Waals surface area contributed by atoms with E-state index in [2.05, 4.69) is 4.98 Å². The molecule has 3 heteroatoms. The van der Waals surface area contributed by atoms with Crippen LogP contribution in [0.2, 0.25) is 0 Å². The van der Waals surface area contributed by atoms with E-state index in [1.807, 2.05) is 30.8 Å². The van der Waals surface area contributed by atoms with Gasteiger partial charge in [-0.2, -0.15) is 0 Å². The van der Waals surface area contributed by atoms with Crippen molar-refractivity contribution in [3.63, 3.8) is 0 Å². The molecule has 0 unspecified atom stereocenters. The summed E-state index contributed by atoms with van der Waals surface area (Å²) in [6, 6.07) is 1.94. The van der Waals surface area contributed by atoms with Crippen molar-refractivity contribution in [2.24, 2.45) is 7.05 Å². The number of fused-ring (bicyclic) bond motifs is 1. The topological polar surface area (TPSA) is 34.9 Å². The Morgan fingerprint density at radius 1 is 1.50 bits per heavy atom. The van der Waals surface area contributed by atoms with Crippen molar-refractivity contribution in [3.05, 3.63) is 29.6 Å². The number of hydrogen-bond acceptors (Lipinski definition) is 2. The van der Waals surface area contributed by atoms with Gasteiger partial charge >= 0.3 is 0 Å². The third-order valence-electron chi connectivity index (χ3n) is 2.44. The Balaban J connectivity index is 2.90. The number of carbonyl (C=O) groups excluding carboxylic acids is 1. The fourth-order valence-corrected chi connectivity index (χ4v) is 1.78. The fourth-order valence-electron chi connectivity index (χ4n) is 1.78. The van der Waals surface area contributed by atoms with Gasteiger partial charge in [-0.15, -0.1) is 0 Å². The van der Waals surface area contributed by atoms with E-state index in [1.165, 1.54) is 0 Å². The maximum Gasteiger partial charge on any atom is 0.160 e. The molecule has 0 saturated heterocycles. The first kappa shape index (κ1) is 8.94. The number of ketones is 1. The normalized spacial score (nSPS) is 10.8. The summed E-state index contributed by atoms with van der Waals surface area (Å²) in [6.07, 6.45) is 3.67. The number of rotatable bonds is 1. The molecule has 0 aliphatic carbocycles. The average molecular weight is 188 g/mol. The third-order valence-corrected chi connectivity index (χ3v) is 2.44. The Labute approximate surface area is 82.4 Å². The van der Waals surface area contributed by atoms with Gasteiger partial charge in [-0.05, 0) is 25.5 Å². The molecule has 0 saturated carbocycles. The van der Waals surface area contributed by atoms with Gasteiger partial charge < -0.3 is 4.57 Å². The van der Waals surface area contributed by atoms with E-state index < -0.39 is 0 Å². The zero-order valence-electron chi connectivity index (χ0n) is 8.53. The molecule has 0 aliphatic heterocycles. The molecular formula is C11H12N2O. The fraction of sp³-hybridized carbons (Fsp3) is 0.273. The van der Waals surface area contributed by atoms with Crippen LogP contribution in [0.4, 0.5) is 0 Å². The molecule has 72 valence electrons.